The van der Waals surface area contributed by atoms with Crippen molar-refractivity contribution >= 4 is 17.5 Å². The Bertz CT molecular complexity index is 790. The molecule has 1 aliphatic heterocycles. The van der Waals surface area contributed by atoms with Crippen molar-refractivity contribution in [2.24, 2.45) is 11.0 Å². The van der Waals surface area contributed by atoms with Gasteiger partial charge in [0, 0.05) is 19.4 Å². The lowest BCUT2D eigenvalue weighted by Gasteiger charge is -2.23. The molecule has 1 fully saturated rings. The first kappa shape index (κ1) is 15.7. The Hall–Kier alpha value is -2.83. The van der Waals surface area contributed by atoms with Crippen LogP contribution in [-0.4, -0.2) is 41.0 Å². The Balaban J connectivity index is 1.54. The summed E-state index contributed by atoms with van der Waals surface area (Å²) in [4.78, 5) is 26.4. The van der Waals surface area contributed by atoms with E-state index < -0.39 is 0 Å². The molecule has 0 saturated heterocycles. The van der Waals surface area contributed by atoms with Gasteiger partial charge in [0.1, 0.15) is 29.8 Å². The van der Waals surface area contributed by atoms with Crippen LogP contribution in [0.5, 0.6) is 0 Å². The SMILES string of the molecule is CN(CC(=O)N1N=C(c2ccco2)C[C@H]1c1ccco1)C(=O)C1CC1. The normalized spacial score (nSPS) is 19.8. The Morgan fingerprint density at radius 2 is 2.00 bits per heavy atom. The van der Waals surface area contributed by atoms with Crippen molar-refractivity contribution in [2.45, 2.75) is 25.3 Å². The number of nitrogens with zero attached hydrogens (tertiary/aromatic N) is 3. The third-order valence-corrected chi connectivity index (χ3v) is 4.52. The molecule has 0 spiro atoms. The molecule has 0 unspecified atom stereocenters. The summed E-state index contributed by atoms with van der Waals surface area (Å²) < 4.78 is 10.9. The monoisotopic (exact) mass is 341 g/mol. The highest BCUT2D eigenvalue weighted by Crippen LogP contribution is 2.34. The van der Waals surface area contributed by atoms with Gasteiger partial charge in [0.05, 0.1) is 12.5 Å². The Kier molecular flexibility index (Phi) is 3.91. The molecule has 2 aromatic rings. The average molecular weight is 341 g/mol. The summed E-state index contributed by atoms with van der Waals surface area (Å²) in [5.74, 6) is 1.17. The number of rotatable bonds is 5. The summed E-state index contributed by atoms with van der Waals surface area (Å²) in [6, 6.07) is 6.88. The molecule has 130 valence electrons. The quantitative estimate of drug-likeness (QED) is 0.836. The van der Waals surface area contributed by atoms with Gasteiger partial charge in [-0.2, -0.15) is 5.10 Å². The highest BCUT2D eigenvalue weighted by Gasteiger charge is 2.38. The van der Waals surface area contributed by atoms with E-state index in [1.165, 1.54) is 9.91 Å². The number of likely N-dealkylation sites (N-methyl/N-ethyl adjacent to an activating group) is 1. The minimum atomic E-state index is -0.327. The summed E-state index contributed by atoms with van der Waals surface area (Å²) in [5, 5.41) is 5.86. The van der Waals surface area contributed by atoms with E-state index in [0.29, 0.717) is 23.7 Å². The van der Waals surface area contributed by atoms with Gasteiger partial charge in [-0.05, 0) is 37.1 Å². The van der Waals surface area contributed by atoms with E-state index in [9.17, 15) is 9.59 Å². The molecule has 25 heavy (non-hydrogen) atoms. The molecule has 0 bridgehead atoms. The number of furan rings is 2. The van der Waals surface area contributed by atoms with E-state index in [2.05, 4.69) is 5.10 Å². The minimum absolute atomic E-state index is 0.00146. The topological polar surface area (TPSA) is 79.3 Å². The Morgan fingerprint density at radius 1 is 1.24 bits per heavy atom. The van der Waals surface area contributed by atoms with Crippen molar-refractivity contribution in [2.75, 3.05) is 13.6 Å². The lowest BCUT2D eigenvalue weighted by atomic mass is 10.1. The van der Waals surface area contributed by atoms with E-state index in [4.69, 9.17) is 8.83 Å². The fourth-order valence-electron chi connectivity index (χ4n) is 3.03. The molecule has 3 heterocycles. The number of carbonyl (C=O) groups excluding carboxylic acids is 2. The molecule has 4 rings (SSSR count). The number of amides is 2. The molecule has 0 radical (unpaired) electrons. The third-order valence-electron chi connectivity index (χ3n) is 4.52. The van der Waals surface area contributed by atoms with Crippen LogP contribution in [0.4, 0.5) is 0 Å². The van der Waals surface area contributed by atoms with Gasteiger partial charge in [-0.3, -0.25) is 9.59 Å². The molecular weight excluding hydrogens is 322 g/mol. The number of carbonyl (C=O) groups is 2. The molecule has 1 aliphatic carbocycles. The maximum absolute atomic E-state index is 12.8. The van der Waals surface area contributed by atoms with Crippen molar-refractivity contribution in [3.63, 3.8) is 0 Å². The van der Waals surface area contributed by atoms with Crippen LogP contribution in [-0.2, 0) is 9.59 Å². The molecule has 7 nitrogen and oxygen atoms in total. The second-order valence-electron chi connectivity index (χ2n) is 6.47. The van der Waals surface area contributed by atoms with Crippen molar-refractivity contribution in [3.8, 4) is 0 Å². The molecule has 1 atom stereocenters. The van der Waals surface area contributed by atoms with Crippen molar-refractivity contribution in [1.82, 2.24) is 9.91 Å². The van der Waals surface area contributed by atoms with E-state index in [1.807, 2.05) is 12.1 Å². The van der Waals surface area contributed by atoms with Gasteiger partial charge >= 0.3 is 0 Å². The first-order chi connectivity index (χ1) is 12.1. The number of hydrogen-bond donors (Lipinski definition) is 0. The second-order valence-corrected chi connectivity index (χ2v) is 6.47. The lowest BCUT2D eigenvalue weighted by molar-refractivity contribution is -0.141. The van der Waals surface area contributed by atoms with Crippen LogP contribution in [0, 0.1) is 5.92 Å². The summed E-state index contributed by atoms with van der Waals surface area (Å²) in [7, 11) is 1.66. The Labute approximate surface area is 144 Å². The van der Waals surface area contributed by atoms with E-state index in [0.717, 1.165) is 12.8 Å². The summed E-state index contributed by atoms with van der Waals surface area (Å²) in [6.45, 7) is 0.00146. The van der Waals surface area contributed by atoms with Crippen LogP contribution in [0.3, 0.4) is 0 Å². The zero-order valence-electron chi connectivity index (χ0n) is 13.9. The zero-order valence-corrected chi connectivity index (χ0v) is 13.9. The van der Waals surface area contributed by atoms with Crippen molar-refractivity contribution in [1.29, 1.82) is 0 Å². The van der Waals surface area contributed by atoms with E-state index in [-0.39, 0.29) is 30.3 Å². The molecule has 0 N–H and O–H groups in total. The van der Waals surface area contributed by atoms with Crippen molar-refractivity contribution < 1.29 is 18.4 Å². The number of hydrazone groups is 1. The maximum atomic E-state index is 12.8. The van der Waals surface area contributed by atoms with Crippen LogP contribution >= 0.6 is 0 Å². The third kappa shape index (κ3) is 3.09. The predicted octanol–water partition coefficient (Wildman–Crippen LogP) is 2.42. The largest absolute Gasteiger partial charge is 0.467 e. The summed E-state index contributed by atoms with van der Waals surface area (Å²) >= 11 is 0. The number of hydrogen-bond acceptors (Lipinski definition) is 5. The maximum Gasteiger partial charge on any atom is 0.262 e. The average Bonchev–Trinajstić information content (AvgIpc) is 3.04. The molecule has 2 aliphatic rings. The van der Waals surface area contributed by atoms with E-state index in [1.54, 1.807) is 31.7 Å². The van der Waals surface area contributed by atoms with Gasteiger partial charge < -0.3 is 13.7 Å². The molecular formula is C18H19N3O4. The van der Waals surface area contributed by atoms with Gasteiger partial charge in [-0.15, -0.1) is 0 Å². The molecule has 1 saturated carbocycles. The van der Waals surface area contributed by atoms with Crippen LogP contribution in [0.2, 0.25) is 0 Å². The summed E-state index contributed by atoms with van der Waals surface area (Å²) in [5.41, 5.74) is 0.691. The fraction of sp³-hybridized carbons (Fsp3) is 0.389. The van der Waals surface area contributed by atoms with Gasteiger partial charge in [-0.1, -0.05) is 0 Å². The molecule has 2 aromatic heterocycles. The van der Waals surface area contributed by atoms with Crippen LogP contribution < -0.4 is 0 Å². The van der Waals surface area contributed by atoms with Crippen LogP contribution in [0.15, 0.2) is 50.7 Å². The Morgan fingerprint density at radius 3 is 2.64 bits per heavy atom. The lowest BCUT2D eigenvalue weighted by Crippen LogP contribution is -2.39. The zero-order chi connectivity index (χ0) is 17.4. The standard InChI is InChI=1S/C18H19N3O4/c1-20(18(23)12-6-7-12)11-17(22)21-14(16-5-3-9-25-16)10-13(19-21)15-4-2-8-24-15/h2-5,8-9,12,14H,6-7,10-11H2,1H3/t14-/m0/s1. The first-order valence-electron chi connectivity index (χ1n) is 8.35. The van der Waals surface area contributed by atoms with Gasteiger partial charge in [0.15, 0.2) is 0 Å². The smallest absolute Gasteiger partial charge is 0.262 e. The highest BCUT2D eigenvalue weighted by atomic mass is 16.3. The molecule has 2 amide bonds. The van der Waals surface area contributed by atoms with Crippen LogP contribution in [0.25, 0.3) is 0 Å². The molecule has 0 aromatic carbocycles. The second kappa shape index (κ2) is 6.23. The van der Waals surface area contributed by atoms with Gasteiger partial charge in [-0.25, -0.2) is 5.01 Å². The van der Waals surface area contributed by atoms with Crippen LogP contribution in [0.1, 0.15) is 36.8 Å². The fourth-order valence-corrected chi connectivity index (χ4v) is 3.03. The first-order valence-corrected chi connectivity index (χ1v) is 8.35. The van der Waals surface area contributed by atoms with Gasteiger partial charge in [0.2, 0.25) is 5.91 Å². The van der Waals surface area contributed by atoms with Crippen molar-refractivity contribution in [3.05, 3.63) is 48.3 Å². The predicted molar refractivity (Wildman–Crippen MR) is 88.5 cm³/mol. The van der Waals surface area contributed by atoms with E-state index >= 15 is 0 Å². The summed E-state index contributed by atoms with van der Waals surface area (Å²) in [6.07, 6.45) is 5.48. The van der Waals surface area contributed by atoms with Gasteiger partial charge in [0.25, 0.3) is 5.91 Å². The minimum Gasteiger partial charge on any atom is -0.467 e. The highest BCUT2D eigenvalue weighted by molar-refractivity contribution is 6.01. The molecule has 7 heteroatoms.